The number of anilines is 3. The van der Waals surface area contributed by atoms with Crippen molar-refractivity contribution in [3.63, 3.8) is 0 Å². The maximum Gasteiger partial charge on any atom is 0.135 e. The zero-order chi connectivity index (χ0) is 28.1. The molecule has 6 aromatic carbocycles. The molecule has 0 aliphatic carbocycles. The summed E-state index contributed by atoms with van der Waals surface area (Å²) in [7, 11) is -2.20. The van der Waals surface area contributed by atoms with Gasteiger partial charge >= 0.3 is 0 Å². The molecule has 0 saturated carbocycles. The highest BCUT2D eigenvalue weighted by Crippen LogP contribution is 2.58. The van der Waals surface area contributed by atoms with Crippen LogP contribution in [0.15, 0.2) is 144 Å². The minimum absolute atomic E-state index is 0.486. The number of nitrogens with zero attached hydrogens (tertiary/aromatic N) is 1. The predicted octanol–water partition coefficient (Wildman–Crippen LogP) is 8.89. The van der Waals surface area contributed by atoms with Gasteiger partial charge in [-0.2, -0.15) is 0 Å². The largest absolute Gasteiger partial charge is 0.456 e. The zero-order valence-corrected chi connectivity index (χ0v) is 24.6. The summed E-state index contributed by atoms with van der Waals surface area (Å²) in [6, 6.07) is 51.3. The third-order valence-corrected chi connectivity index (χ3v) is 13.2. The van der Waals surface area contributed by atoms with E-state index in [1.165, 1.54) is 60.5 Å². The molecule has 0 bridgehead atoms. The van der Waals surface area contributed by atoms with E-state index in [2.05, 4.69) is 158 Å². The first kappa shape index (κ1) is 23.8. The molecule has 0 unspecified atom stereocenters. The summed E-state index contributed by atoms with van der Waals surface area (Å²) in [4.78, 5) is 2.44. The van der Waals surface area contributed by atoms with Crippen LogP contribution in [0.2, 0.25) is 13.1 Å². The first-order chi connectivity index (χ1) is 20.6. The lowest BCUT2D eigenvalue weighted by Crippen LogP contribution is -2.64. The average Bonchev–Trinajstić information content (AvgIpc) is 3.42. The average molecular weight is 556 g/mol. The summed E-state index contributed by atoms with van der Waals surface area (Å²) < 4.78 is 6.83. The lowest BCUT2D eigenvalue weighted by molar-refractivity contribution is 0.667. The highest BCUT2D eigenvalue weighted by atomic mass is 28.3. The highest BCUT2D eigenvalue weighted by molar-refractivity contribution is 7.02. The lowest BCUT2D eigenvalue weighted by atomic mass is 9.62. The first-order valence-electron chi connectivity index (χ1n) is 14.7. The fraction of sp³-hybridized carbons (Fsp3) is 0.0769. The molecule has 200 valence electrons. The highest BCUT2D eigenvalue weighted by Gasteiger charge is 2.54. The predicted molar refractivity (Wildman–Crippen MR) is 177 cm³/mol. The topological polar surface area (TPSA) is 16.4 Å². The minimum atomic E-state index is -2.20. The quantitative estimate of drug-likeness (QED) is 0.188. The number of furan rings is 1. The Hall–Kier alpha value is -4.86. The smallest absolute Gasteiger partial charge is 0.135 e. The monoisotopic (exact) mass is 555 g/mol. The standard InChI is InChI=1S/C39H29NOSi/c1-42(2)36-23-13-9-19-31(36)39(32-25-24-28-27-16-6-12-22-35(27)41-37(28)38(32)42)29-17-7-10-20-33(29)40(26-14-4-3-5-15-26)34-21-11-8-18-30(34)39/h3-25H,1-2H3. The number of rotatable bonds is 1. The normalized spacial score (nSPS) is 15.7. The maximum atomic E-state index is 6.83. The fourth-order valence-corrected chi connectivity index (χ4v) is 11.5. The van der Waals surface area contributed by atoms with Gasteiger partial charge in [-0.25, -0.2) is 0 Å². The van der Waals surface area contributed by atoms with Crippen molar-refractivity contribution in [1.82, 2.24) is 0 Å². The van der Waals surface area contributed by atoms with Gasteiger partial charge in [0.2, 0.25) is 0 Å². The Bertz CT molecular complexity index is 2140. The molecule has 3 heteroatoms. The van der Waals surface area contributed by atoms with Crippen LogP contribution in [-0.4, -0.2) is 8.07 Å². The van der Waals surface area contributed by atoms with Crippen LogP contribution in [0.3, 0.4) is 0 Å². The Labute approximate surface area is 246 Å². The SMILES string of the molecule is C[Si]1(C)c2ccccc2C2(c3ccccc3N(c3ccccc3)c3ccccc32)c2ccc3c(oc4ccccc43)c21. The van der Waals surface area contributed by atoms with Gasteiger partial charge in [0.15, 0.2) is 0 Å². The summed E-state index contributed by atoms with van der Waals surface area (Å²) >= 11 is 0. The van der Waals surface area contributed by atoms with E-state index in [-0.39, 0.29) is 0 Å². The van der Waals surface area contributed by atoms with Gasteiger partial charge in [-0.1, -0.05) is 122 Å². The van der Waals surface area contributed by atoms with E-state index in [1.54, 1.807) is 0 Å². The molecular formula is C39H29NOSi. The van der Waals surface area contributed by atoms with Crippen molar-refractivity contribution in [1.29, 1.82) is 0 Å². The van der Waals surface area contributed by atoms with Crippen LogP contribution in [-0.2, 0) is 5.41 Å². The molecule has 2 aliphatic heterocycles. The molecule has 0 N–H and O–H groups in total. The van der Waals surface area contributed by atoms with Crippen molar-refractivity contribution in [2.45, 2.75) is 18.5 Å². The summed E-state index contributed by atoms with van der Waals surface area (Å²) in [5.41, 5.74) is 10.5. The van der Waals surface area contributed by atoms with Crippen molar-refractivity contribution in [2.24, 2.45) is 0 Å². The van der Waals surface area contributed by atoms with Crippen molar-refractivity contribution < 1.29 is 4.42 Å². The molecule has 0 fully saturated rings. The van der Waals surface area contributed by atoms with E-state index in [1.807, 2.05) is 0 Å². The molecule has 3 heterocycles. The summed E-state index contributed by atoms with van der Waals surface area (Å²) in [6.07, 6.45) is 0. The van der Waals surface area contributed by atoms with Crippen LogP contribution in [0.4, 0.5) is 17.1 Å². The van der Waals surface area contributed by atoms with Crippen LogP contribution in [0, 0.1) is 0 Å². The van der Waals surface area contributed by atoms with Gasteiger partial charge in [-0.3, -0.25) is 0 Å². The van der Waals surface area contributed by atoms with Crippen LogP contribution in [0.5, 0.6) is 0 Å². The lowest BCUT2D eigenvalue weighted by Gasteiger charge is -2.51. The van der Waals surface area contributed by atoms with Crippen molar-refractivity contribution >= 4 is 57.4 Å². The molecule has 0 radical (unpaired) electrons. The Kier molecular flexibility index (Phi) is 4.73. The fourth-order valence-electron chi connectivity index (χ4n) is 8.04. The molecule has 2 aliphatic rings. The third-order valence-electron chi connectivity index (χ3n) is 9.69. The van der Waals surface area contributed by atoms with E-state index in [9.17, 15) is 0 Å². The Balaban J connectivity index is 1.50. The number of para-hydroxylation sites is 4. The number of fused-ring (bicyclic) bond motifs is 12. The Morgan fingerprint density at radius 3 is 1.86 bits per heavy atom. The van der Waals surface area contributed by atoms with Gasteiger partial charge < -0.3 is 9.32 Å². The van der Waals surface area contributed by atoms with Crippen molar-refractivity contribution in [3.05, 3.63) is 162 Å². The Morgan fingerprint density at radius 1 is 0.524 bits per heavy atom. The Morgan fingerprint density at radius 2 is 1.12 bits per heavy atom. The summed E-state index contributed by atoms with van der Waals surface area (Å²) in [5, 5.41) is 5.28. The molecule has 42 heavy (non-hydrogen) atoms. The zero-order valence-electron chi connectivity index (χ0n) is 23.6. The molecular weight excluding hydrogens is 527 g/mol. The molecule has 0 amide bonds. The third kappa shape index (κ3) is 2.84. The van der Waals surface area contributed by atoms with Gasteiger partial charge in [0.25, 0.3) is 0 Å². The number of benzene rings is 6. The maximum absolute atomic E-state index is 6.83. The van der Waals surface area contributed by atoms with Gasteiger partial charge in [0.05, 0.1) is 16.8 Å². The van der Waals surface area contributed by atoms with Crippen LogP contribution < -0.4 is 15.3 Å². The van der Waals surface area contributed by atoms with Crippen molar-refractivity contribution in [3.8, 4) is 0 Å². The van der Waals surface area contributed by atoms with Gasteiger partial charge in [0, 0.05) is 16.5 Å². The van der Waals surface area contributed by atoms with E-state index in [0.29, 0.717) is 0 Å². The number of hydrogen-bond acceptors (Lipinski definition) is 2. The second-order valence-corrected chi connectivity index (χ2v) is 16.4. The van der Waals surface area contributed by atoms with E-state index in [0.717, 1.165) is 11.2 Å². The number of hydrogen-bond donors (Lipinski definition) is 0. The molecule has 9 rings (SSSR count). The summed E-state index contributed by atoms with van der Waals surface area (Å²) in [5.74, 6) is 0. The molecule has 0 atom stereocenters. The van der Waals surface area contributed by atoms with E-state index >= 15 is 0 Å². The van der Waals surface area contributed by atoms with Crippen LogP contribution in [0.25, 0.3) is 21.9 Å². The van der Waals surface area contributed by atoms with Crippen molar-refractivity contribution in [2.75, 3.05) is 4.90 Å². The molecule has 7 aromatic rings. The molecule has 2 nitrogen and oxygen atoms in total. The minimum Gasteiger partial charge on any atom is -0.456 e. The van der Waals surface area contributed by atoms with E-state index < -0.39 is 13.5 Å². The second-order valence-electron chi connectivity index (χ2n) is 12.1. The van der Waals surface area contributed by atoms with Crippen LogP contribution >= 0.6 is 0 Å². The second kappa shape index (κ2) is 8.34. The first-order valence-corrected chi connectivity index (χ1v) is 17.7. The van der Waals surface area contributed by atoms with Crippen LogP contribution in [0.1, 0.15) is 22.3 Å². The molecule has 1 spiro atoms. The van der Waals surface area contributed by atoms with E-state index in [4.69, 9.17) is 4.42 Å². The summed E-state index contributed by atoms with van der Waals surface area (Å²) in [6.45, 7) is 5.00. The van der Waals surface area contributed by atoms with Gasteiger partial charge in [-0.15, -0.1) is 0 Å². The molecule has 1 aromatic heterocycles. The molecule has 0 saturated heterocycles. The van der Waals surface area contributed by atoms with Gasteiger partial charge in [-0.05, 0) is 63.0 Å². The van der Waals surface area contributed by atoms with Gasteiger partial charge in [0.1, 0.15) is 19.2 Å².